The third kappa shape index (κ3) is 48.7. The van der Waals surface area contributed by atoms with E-state index in [4.69, 9.17) is 14.2 Å². The first-order valence-electron chi connectivity index (χ1n) is 27.0. The van der Waals surface area contributed by atoms with Crippen molar-refractivity contribution in [1.29, 1.82) is 0 Å². The number of ether oxygens (including phenoxy) is 3. The summed E-state index contributed by atoms with van der Waals surface area (Å²) in [4.78, 5) is 38.0. The molecule has 0 unspecified atom stereocenters. The van der Waals surface area contributed by atoms with Gasteiger partial charge in [0, 0.05) is 19.3 Å². The van der Waals surface area contributed by atoms with Crippen LogP contribution in [0.3, 0.4) is 0 Å². The Bertz CT molecular complexity index is 1050. The monoisotopic (exact) mass is 871 g/mol. The predicted octanol–water partition coefficient (Wildman–Crippen LogP) is 17.7. The molecule has 0 heterocycles. The van der Waals surface area contributed by atoms with Crippen LogP contribution in [0.2, 0.25) is 0 Å². The van der Waals surface area contributed by atoms with Gasteiger partial charge in [-0.3, -0.25) is 14.4 Å². The largest absolute Gasteiger partial charge is 0.462 e. The minimum absolute atomic E-state index is 0.0733. The number of carbonyl (C=O) groups excluding carboxylic acids is 3. The normalized spacial score (nSPS) is 12.2. The van der Waals surface area contributed by atoms with Gasteiger partial charge in [0.25, 0.3) is 0 Å². The Morgan fingerprint density at radius 1 is 0.323 bits per heavy atom. The molecule has 362 valence electrons. The van der Waals surface area contributed by atoms with Crippen molar-refractivity contribution in [3.05, 3.63) is 36.5 Å². The molecule has 0 bridgehead atoms. The third-order valence-corrected chi connectivity index (χ3v) is 11.9. The van der Waals surface area contributed by atoms with E-state index in [1.165, 1.54) is 173 Å². The van der Waals surface area contributed by atoms with Gasteiger partial charge in [-0.15, -0.1) is 0 Å². The standard InChI is InChI=1S/C56H102O6/c1-4-7-10-13-16-19-22-25-26-27-28-29-30-32-35-38-41-44-47-50-56(59)62-53(51-60-54(57)48-45-42-39-36-33-24-21-18-15-12-9-6-3)52-61-55(58)49-46-43-40-37-34-31-23-20-17-14-11-8-5-2/h16,19-20,23,25-26,53H,4-15,17-18,21-22,24,27-52H2,1-3H3/b19-16-,23-20-,26-25-/t53-/m0/s1. The lowest BCUT2D eigenvalue weighted by atomic mass is 10.0. The van der Waals surface area contributed by atoms with Gasteiger partial charge in [-0.2, -0.15) is 0 Å². The Kier molecular flexibility index (Phi) is 49.3. The number of carbonyl (C=O) groups is 3. The summed E-state index contributed by atoms with van der Waals surface area (Å²) in [5.74, 6) is -0.875. The lowest BCUT2D eigenvalue weighted by Gasteiger charge is -2.18. The maximum absolute atomic E-state index is 12.8. The van der Waals surface area contributed by atoms with Crippen LogP contribution in [-0.4, -0.2) is 37.2 Å². The molecule has 0 fully saturated rings. The molecule has 0 saturated carbocycles. The zero-order valence-corrected chi connectivity index (χ0v) is 41.4. The molecule has 6 heteroatoms. The fraction of sp³-hybridized carbons (Fsp3) is 0.839. The summed E-state index contributed by atoms with van der Waals surface area (Å²) < 4.78 is 16.8. The zero-order valence-electron chi connectivity index (χ0n) is 41.4. The van der Waals surface area contributed by atoms with Crippen molar-refractivity contribution in [1.82, 2.24) is 0 Å². The van der Waals surface area contributed by atoms with E-state index in [0.717, 1.165) is 70.6 Å². The number of unbranched alkanes of at least 4 members (excludes halogenated alkanes) is 32. The lowest BCUT2D eigenvalue weighted by molar-refractivity contribution is -0.167. The van der Waals surface area contributed by atoms with Crippen molar-refractivity contribution in [3.63, 3.8) is 0 Å². The van der Waals surface area contributed by atoms with Crippen LogP contribution in [0, 0.1) is 0 Å². The predicted molar refractivity (Wildman–Crippen MR) is 266 cm³/mol. The summed E-state index contributed by atoms with van der Waals surface area (Å²) in [6.07, 6.45) is 59.8. The quantitative estimate of drug-likeness (QED) is 0.0262. The highest BCUT2D eigenvalue weighted by Gasteiger charge is 2.19. The first-order valence-corrected chi connectivity index (χ1v) is 27.0. The summed E-state index contributed by atoms with van der Waals surface area (Å²) in [7, 11) is 0. The Morgan fingerprint density at radius 3 is 0.952 bits per heavy atom. The molecule has 0 aliphatic carbocycles. The summed E-state index contributed by atoms with van der Waals surface area (Å²) in [5, 5.41) is 0. The van der Waals surface area contributed by atoms with Gasteiger partial charge in [-0.25, -0.2) is 0 Å². The van der Waals surface area contributed by atoms with Gasteiger partial charge in [0.05, 0.1) is 0 Å². The molecule has 0 aromatic heterocycles. The maximum Gasteiger partial charge on any atom is 0.306 e. The second-order valence-electron chi connectivity index (χ2n) is 18.1. The molecule has 0 aliphatic heterocycles. The van der Waals surface area contributed by atoms with E-state index in [1.54, 1.807) is 0 Å². The van der Waals surface area contributed by atoms with Crippen LogP contribution in [0.25, 0.3) is 0 Å². The second kappa shape index (κ2) is 51.3. The average molecular weight is 871 g/mol. The van der Waals surface area contributed by atoms with Crippen LogP contribution in [-0.2, 0) is 28.6 Å². The van der Waals surface area contributed by atoms with E-state index in [1.807, 2.05) is 0 Å². The highest BCUT2D eigenvalue weighted by molar-refractivity contribution is 5.71. The van der Waals surface area contributed by atoms with Gasteiger partial charge in [0.2, 0.25) is 0 Å². The molecule has 0 radical (unpaired) electrons. The second-order valence-corrected chi connectivity index (χ2v) is 18.1. The lowest BCUT2D eigenvalue weighted by Crippen LogP contribution is -2.30. The first kappa shape index (κ1) is 59.6. The molecule has 0 spiro atoms. The Hall–Kier alpha value is -2.37. The van der Waals surface area contributed by atoms with Crippen LogP contribution in [0.5, 0.6) is 0 Å². The molecule has 0 aromatic rings. The number of rotatable bonds is 49. The van der Waals surface area contributed by atoms with Gasteiger partial charge in [0.15, 0.2) is 6.10 Å². The summed E-state index contributed by atoms with van der Waals surface area (Å²) in [6.45, 7) is 6.61. The van der Waals surface area contributed by atoms with E-state index >= 15 is 0 Å². The highest BCUT2D eigenvalue weighted by Crippen LogP contribution is 2.15. The van der Waals surface area contributed by atoms with Crippen molar-refractivity contribution in [3.8, 4) is 0 Å². The van der Waals surface area contributed by atoms with Crippen LogP contribution < -0.4 is 0 Å². The van der Waals surface area contributed by atoms with Crippen LogP contribution >= 0.6 is 0 Å². The van der Waals surface area contributed by atoms with E-state index in [-0.39, 0.29) is 31.1 Å². The average Bonchev–Trinajstić information content (AvgIpc) is 3.27. The summed E-state index contributed by atoms with van der Waals surface area (Å²) >= 11 is 0. The van der Waals surface area contributed by atoms with Gasteiger partial charge >= 0.3 is 17.9 Å². The molecule has 0 N–H and O–H groups in total. The van der Waals surface area contributed by atoms with E-state index in [0.29, 0.717) is 19.3 Å². The maximum atomic E-state index is 12.8. The van der Waals surface area contributed by atoms with E-state index in [9.17, 15) is 14.4 Å². The number of allylic oxidation sites excluding steroid dienone is 6. The van der Waals surface area contributed by atoms with Gasteiger partial charge in [-0.1, -0.05) is 224 Å². The molecule has 0 aliphatic rings. The SMILES string of the molecule is CCCCC/C=C\C/C=C\CCCCCCCCCCCC(=O)O[C@H](COC(=O)CCCCCCC/C=C\CCCCCC)COC(=O)CCCCCCCCCCCCCC. The molecule has 6 nitrogen and oxygen atoms in total. The van der Waals surface area contributed by atoms with E-state index in [2.05, 4.69) is 57.2 Å². The first-order chi connectivity index (χ1) is 30.5. The highest BCUT2D eigenvalue weighted by atomic mass is 16.6. The van der Waals surface area contributed by atoms with Crippen LogP contribution in [0.1, 0.15) is 284 Å². The third-order valence-electron chi connectivity index (χ3n) is 11.9. The van der Waals surface area contributed by atoms with Crippen molar-refractivity contribution in [2.45, 2.75) is 290 Å². The Labute approximate surface area is 385 Å². The molecular formula is C56H102O6. The molecular weight excluding hydrogens is 769 g/mol. The molecule has 1 atom stereocenters. The molecule has 0 amide bonds. The summed E-state index contributed by atoms with van der Waals surface area (Å²) in [6, 6.07) is 0. The molecule has 0 rings (SSSR count). The van der Waals surface area contributed by atoms with Crippen LogP contribution in [0.4, 0.5) is 0 Å². The van der Waals surface area contributed by atoms with E-state index < -0.39 is 6.10 Å². The topological polar surface area (TPSA) is 78.9 Å². The number of hydrogen-bond acceptors (Lipinski definition) is 6. The molecule has 0 saturated heterocycles. The van der Waals surface area contributed by atoms with Crippen molar-refractivity contribution in [2.24, 2.45) is 0 Å². The fourth-order valence-corrected chi connectivity index (χ4v) is 7.76. The fourth-order valence-electron chi connectivity index (χ4n) is 7.76. The molecule has 0 aromatic carbocycles. The van der Waals surface area contributed by atoms with Gasteiger partial charge in [-0.05, 0) is 77.0 Å². The zero-order chi connectivity index (χ0) is 45.1. The Morgan fingerprint density at radius 2 is 0.581 bits per heavy atom. The number of hydrogen-bond donors (Lipinski definition) is 0. The van der Waals surface area contributed by atoms with Crippen LogP contribution in [0.15, 0.2) is 36.5 Å². The van der Waals surface area contributed by atoms with Crippen molar-refractivity contribution >= 4 is 17.9 Å². The Balaban J connectivity index is 4.34. The minimum atomic E-state index is -0.773. The van der Waals surface area contributed by atoms with Crippen molar-refractivity contribution in [2.75, 3.05) is 13.2 Å². The number of esters is 3. The minimum Gasteiger partial charge on any atom is -0.462 e. The van der Waals surface area contributed by atoms with Gasteiger partial charge < -0.3 is 14.2 Å². The summed E-state index contributed by atoms with van der Waals surface area (Å²) in [5.41, 5.74) is 0. The van der Waals surface area contributed by atoms with Gasteiger partial charge in [0.1, 0.15) is 13.2 Å². The molecule has 62 heavy (non-hydrogen) atoms. The van der Waals surface area contributed by atoms with Crippen molar-refractivity contribution < 1.29 is 28.6 Å². The smallest absolute Gasteiger partial charge is 0.306 e.